The van der Waals surface area contributed by atoms with E-state index in [4.69, 9.17) is 5.73 Å². The maximum Gasteiger partial charge on any atom is 0.278 e. The van der Waals surface area contributed by atoms with Gasteiger partial charge in [-0.15, -0.1) is 0 Å². The molecular weight excluding hydrogens is 230 g/mol. The van der Waals surface area contributed by atoms with Gasteiger partial charge in [-0.2, -0.15) is 4.98 Å². The van der Waals surface area contributed by atoms with Gasteiger partial charge in [-0.05, 0) is 18.6 Å². The van der Waals surface area contributed by atoms with Gasteiger partial charge in [0.05, 0.1) is 5.69 Å². The molecule has 90 valence electrons. The van der Waals surface area contributed by atoms with Crippen LogP contribution in [-0.4, -0.2) is 19.5 Å². The quantitative estimate of drug-likeness (QED) is 0.665. The molecule has 0 aliphatic heterocycles. The summed E-state index contributed by atoms with van der Waals surface area (Å²) in [6, 6.07) is 7.75. The monoisotopic (exact) mass is 241 g/mol. The van der Waals surface area contributed by atoms with Crippen LogP contribution in [0.1, 0.15) is 5.56 Å². The van der Waals surface area contributed by atoms with E-state index in [9.17, 15) is 4.79 Å². The van der Waals surface area contributed by atoms with E-state index in [-0.39, 0.29) is 11.5 Å². The molecule has 18 heavy (non-hydrogen) atoms. The van der Waals surface area contributed by atoms with Crippen LogP contribution >= 0.6 is 0 Å². The molecule has 0 spiro atoms. The molecular formula is C12H11N5O. The van der Waals surface area contributed by atoms with Gasteiger partial charge in [0, 0.05) is 0 Å². The molecule has 0 saturated carbocycles. The Kier molecular flexibility index (Phi) is 2.16. The van der Waals surface area contributed by atoms with Crippen LogP contribution in [0.3, 0.4) is 0 Å². The van der Waals surface area contributed by atoms with Crippen LogP contribution < -0.4 is 11.3 Å². The zero-order valence-corrected chi connectivity index (χ0v) is 9.71. The van der Waals surface area contributed by atoms with Gasteiger partial charge in [0.25, 0.3) is 5.56 Å². The highest BCUT2D eigenvalue weighted by molar-refractivity contribution is 5.73. The number of anilines is 1. The van der Waals surface area contributed by atoms with Crippen molar-refractivity contribution in [2.24, 2.45) is 0 Å². The Morgan fingerprint density at radius 2 is 2.11 bits per heavy atom. The number of aromatic amines is 1. The summed E-state index contributed by atoms with van der Waals surface area (Å²) >= 11 is 0. The van der Waals surface area contributed by atoms with Crippen molar-refractivity contribution in [3.8, 4) is 5.69 Å². The Bertz CT molecular complexity index is 787. The smallest absolute Gasteiger partial charge is 0.278 e. The van der Waals surface area contributed by atoms with Gasteiger partial charge in [0.2, 0.25) is 5.95 Å². The average Bonchev–Trinajstić information content (AvgIpc) is 2.73. The minimum absolute atomic E-state index is 0.0718. The lowest BCUT2D eigenvalue weighted by molar-refractivity contribution is 1.06. The van der Waals surface area contributed by atoms with Gasteiger partial charge in [-0.25, -0.2) is 4.98 Å². The third-order valence-corrected chi connectivity index (χ3v) is 2.81. The van der Waals surface area contributed by atoms with Crippen LogP contribution in [-0.2, 0) is 0 Å². The largest absolute Gasteiger partial charge is 0.369 e. The van der Waals surface area contributed by atoms with E-state index in [1.54, 1.807) is 10.9 Å². The van der Waals surface area contributed by atoms with Crippen molar-refractivity contribution >= 4 is 17.1 Å². The molecule has 3 aromatic rings. The zero-order valence-electron chi connectivity index (χ0n) is 9.71. The maximum atomic E-state index is 11.9. The topological polar surface area (TPSA) is 89.6 Å². The lowest BCUT2D eigenvalue weighted by Crippen LogP contribution is -2.14. The zero-order chi connectivity index (χ0) is 12.7. The van der Waals surface area contributed by atoms with Crippen molar-refractivity contribution in [2.75, 3.05) is 5.73 Å². The highest BCUT2D eigenvalue weighted by Crippen LogP contribution is 2.17. The summed E-state index contributed by atoms with van der Waals surface area (Å²) in [7, 11) is 0. The highest BCUT2D eigenvalue weighted by atomic mass is 16.1. The number of benzene rings is 1. The van der Waals surface area contributed by atoms with E-state index in [2.05, 4.69) is 15.0 Å². The number of hydrogen-bond donors (Lipinski definition) is 2. The predicted octanol–water partition coefficient (Wildman–Crippen LogP) is 0.999. The number of hydrogen-bond acceptors (Lipinski definition) is 4. The van der Waals surface area contributed by atoms with E-state index in [1.165, 1.54) is 0 Å². The van der Waals surface area contributed by atoms with Crippen LogP contribution in [0.5, 0.6) is 0 Å². The van der Waals surface area contributed by atoms with Gasteiger partial charge < -0.3 is 5.73 Å². The number of para-hydroxylation sites is 1. The van der Waals surface area contributed by atoms with E-state index in [0.29, 0.717) is 11.2 Å². The van der Waals surface area contributed by atoms with Gasteiger partial charge >= 0.3 is 0 Å². The Hall–Kier alpha value is -2.63. The second kappa shape index (κ2) is 3.69. The number of aromatic nitrogens is 4. The third kappa shape index (κ3) is 1.46. The number of aryl methyl sites for hydroxylation is 1. The molecule has 0 atom stereocenters. The van der Waals surface area contributed by atoms with Crippen LogP contribution in [0.25, 0.3) is 16.9 Å². The van der Waals surface area contributed by atoms with E-state index in [0.717, 1.165) is 11.3 Å². The summed E-state index contributed by atoms with van der Waals surface area (Å²) in [5.41, 5.74) is 7.89. The number of nitrogens with one attached hydrogen (secondary N) is 1. The SMILES string of the molecule is Cc1ccccc1-n1cnc2nc(N)[nH]c(=O)c21. The Labute approximate surface area is 102 Å². The first kappa shape index (κ1) is 10.5. The molecule has 1 aromatic carbocycles. The van der Waals surface area contributed by atoms with E-state index < -0.39 is 0 Å². The van der Waals surface area contributed by atoms with Gasteiger partial charge in [-0.1, -0.05) is 18.2 Å². The number of nitrogens with zero attached hydrogens (tertiary/aromatic N) is 3. The summed E-state index contributed by atoms with van der Waals surface area (Å²) in [5, 5.41) is 0. The molecule has 2 heterocycles. The number of nitrogen functional groups attached to an aromatic ring is 1. The fraction of sp³-hybridized carbons (Fsp3) is 0.0833. The van der Waals surface area contributed by atoms with Crippen LogP contribution in [0.2, 0.25) is 0 Å². The van der Waals surface area contributed by atoms with Gasteiger partial charge in [0.1, 0.15) is 6.33 Å². The summed E-state index contributed by atoms with van der Waals surface area (Å²) in [5.74, 6) is 0.0718. The third-order valence-electron chi connectivity index (χ3n) is 2.81. The first-order valence-electron chi connectivity index (χ1n) is 5.45. The fourth-order valence-electron chi connectivity index (χ4n) is 1.97. The van der Waals surface area contributed by atoms with Crippen molar-refractivity contribution in [3.63, 3.8) is 0 Å². The molecule has 6 heteroatoms. The van der Waals surface area contributed by atoms with Crippen LogP contribution in [0, 0.1) is 6.92 Å². The summed E-state index contributed by atoms with van der Waals surface area (Å²) in [6.07, 6.45) is 1.58. The Morgan fingerprint density at radius 1 is 1.33 bits per heavy atom. The molecule has 0 saturated heterocycles. The van der Waals surface area contributed by atoms with Crippen LogP contribution in [0.4, 0.5) is 5.95 Å². The van der Waals surface area contributed by atoms with E-state index >= 15 is 0 Å². The maximum absolute atomic E-state index is 11.9. The minimum Gasteiger partial charge on any atom is -0.369 e. The minimum atomic E-state index is -0.293. The molecule has 0 aliphatic carbocycles. The lowest BCUT2D eigenvalue weighted by atomic mass is 10.2. The molecule has 0 fully saturated rings. The first-order valence-corrected chi connectivity index (χ1v) is 5.45. The number of rotatable bonds is 1. The molecule has 0 amide bonds. The van der Waals surface area contributed by atoms with E-state index in [1.807, 2.05) is 31.2 Å². The second-order valence-corrected chi connectivity index (χ2v) is 4.02. The Balaban J connectivity index is 2.39. The number of imidazole rings is 1. The molecule has 0 aliphatic rings. The molecule has 6 nitrogen and oxygen atoms in total. The van der Waals surface area contributed by atoms with Crippen molar-refractivity contribution in [2.45, 2.75) is 6.92 Å². The number of H-pyrrole nitrogens is 1. The van der Waals surface area contributed by atoms with Crippen molar-refractivity contribution in [1.82, 2.24) is 19.5 Å². The lowest BCUT2D eigenvalue weighted by Gasteiger charge is -2.06. The number of fused-ring (bicyclic) bond motifs is 1. The van der Waals surface area contributed by atoms with Gasteiger partial charge in [0.15, 0.2) is 11.2 Å². The summed E-state index contributed by atoms with van der Waals surface area (Å²) in [6.45, 7) is 1.97. The molecule has 2 aromatic heterocycles. The average molecular weight is 241 g/mol. The standard InChI is InChI=1S/C12H11N5O/c1-7-4-2-3-5-8(7)17-6-14-10-9(17)11(18)16-12(13)15-10/h2-6H,1H3,(H3,13,15,16,18). The van der Waals surface area contributed by atoms with Crippen molar-refractivity contribution in [1.29, 1.82) is 0 Å². The summed E-state index contributed by atoms with van der Waals surface area (Å²) < 4.78 is 1.72. The predicted molar refractivity (Wildman–Crippen MR) is 68.6 cm³/mol. The molecule has 3 rings (SSSR count). The molecule has 0 radical (unpaired) electrons. The number of nitrogens with two attached hydrogens (primary N) is 1. The van der Waals surface area contributed by atoms with Crippen molar-refractivity contribution < 1.29 is 0 Å². The Morgan fingerprint density at radius 3 is 2.89 bits per heavy atom. The molecule has 0 unspecified atom stereocenters. The second-order valence-electron chi connectivity index (χ2n) is 4.02. The molecule has 0 bridgehead atoms. The highest BCUT2D eigenvalue weighted by Gasteiger charge is 2.11. The fourth-order valence-corrected chi connectivity index (χ4v) is 1.97. The molecule has 3 N–H and O–H groups in total. The summed E-state index contributed by atoms with van der Waals surface area (Å²) in [4.78, 5) is 22.5. The normalized spacial score (nSPS) is 10.9. The first-order chi connectivity index (χ1) is 8.66. The van der Waals surface area contributed by atoms with Crippen LogP contribution in [0.15, 0.2) is 35.4 Å². The van der Waals surface area contributed by atoms with Gasteiger partial charge in [-0.3, -0.25) is 14.3 Å². The van der Waals surface area contributed by atoms with Crippen molar-refractivity contribution in [3.05, 3.63) is 46.5 Å².